The number of carboxylic acids is 1. The normalized spacial score (nSPS) is 7.80. The van der Waals surface area contributed by atoms with Gasteiger partial charge in [0.2, 0.25) is 0 Å². The standard InChI is InChI=1S/C8H12O4.C4H6.C3H3N/c1-2-3-6-12-8(11)5-4-7(9)10;1-3-4-2;1-2-3-4/h4-5H,2-3,6H2,1H3,(H,9,10);3-4H,1-2H2;2H,1H2/p-1/b5-4+;;. The van der Waals surface area contributed by atoms with Crippen molar-refractivity contribution in [3.8, 4) is 6.07 Å². The van der Waals surface area contributed by atoms with E-state index in [0.29, 0.717) is 12.7 Å². The maximum Gasteiger partial charge on any atom is 0.330 e. The minimum Gasteiger partial charge on any atom is -0.545 e. The molecule has 0 bridgehead atoms. The zero-order valence-electron chi connectivity index (χ0n) is 11.7. The molecule has 0 radical (unpaired) electrons. The second-order valence-electron chi connectivity index (χ2n) is 2.98. The van der Waals surface area contributed by atoms with Gasteiger partial charge in [-0.3, -0.25) is 0 Å². The number of hydrogen-bond donors (Lipinski definition) is 0. The van der Waals surface area contributed by atoms with Crippen molar-refractivity contribution in [2.24, 2.45) is 0 Å². The van der Waals surface area contributed by atoms with Gasteiger partial charge in [0.25, 0.3) is 0 Å². The Kier molecular flexibility index (Phi) is 24.4. The van der Waals surface area contributed by atoms with Crippen LogP contribution in [-0.2, 0) is 14.3 Å². The summed E-state index contributed by atoms with van der Waals surface area (Å²) in [6, 6.07) is 1.69. The number of unbranched alkanes of at least 4 members (excludes halogenated alkanes) is 1. The predicted molar refractivity (Wildman–Crippen MR) is 76.2 cm³/mol. The molecule has 0 amide bonds. The third-order valence-corrected chi connectivity index (χ3v) is 1.36. The number of carbonyl (C=O) groups excluding carboxylic acids is 2. The monoisotopic (exact) mass is 278 g/mol. The van der Waals surface area contributed by atoms with Crippen LogP contribution in [0.25, 0.3) is 0 Å². The van der Waals surface area contributed by atoms with Crippen LogP contribution in [0.15, 0.2) is 50.1 Å². The Morgan fingerprint density at radius 1 is 1.25 bits per heavy atom. The first-order chi connectivity index (χ1) is 9.49. The van der Waals surface area contributed by atoms with Crippen LogP contribution in [0.3, 0.4) is 0 Å². The van der Waals surface area contributed by atoms with Crippen molar-refractivity contribution < 1.29 is 19.4 Å². The largest absolute Gasteiger partial charge is 0.545 e. The number of carbonyl (C=O) groups is 2. The van der Waals surface area contributed by atoms with Gasteiger partial charge in [-0.05, 0) is 12.5 Å². The topological polar surface area (TPSA) is 90.2 Å². The van der Waals surface area contributed by atoms with Crippen LogP contribution in [0.2, 0.25) is 0 Å². The van der Waals surface area contributed by atoms with Gasteiger partial charge < -0.3 is 14.6 Å². The summed E-state index contributed by atoms with van der Waals surface area (Å²) in [6.07, 6.45) is 7.65. The summed E-state index contributed by atoms with van der Waals surface area (Å²) in [7, 11) is 0. The summed E-state index contributed by atoms with van der Waals surface area (Å²) in [5, 5.41) is 17.3. The van der Waals surface area contributed by atoms with E-state index in [1.807, 2.05) is 6.92 Å². The Hall–Kier alpha value is -2.61. The molecular weight excluding hydrogens is 258 g/mol. The van der Waals surface area contributed by atoms with Gasteiger partial charge in [0.15, 0.2) is 0 Å². The van der Waals surface area contributed by atoms with Crippen LogP contribution >= 0.6 is 0 Å². The van der Waals surface area contributed by atoms with Crippen LogP contribution in [-0.4, -0.2) is 18.5 Å². The first-order valence-corrected chi connectivity index (χ1v) is 5.79. The lowest BCUT2D eigenvalue weighted by Crippen LogP contribution is -2.19. The number of nitrogens with zero attached hydrogens (tertiary/aromatic N) is 1. The summed E-state index contributed by atoms with van der Waals surface area (Å²) in [5.74, 6) is -2.05. The summed E-state index contributed by atoms with van der Waals surface area (Å²) in [5.41, 5.74) is 0. The smallest absolute Gasteiger partial charge is 0.330 e. The third kappa shape index (κ3) is 36.1. The highest BCUT2D eigenvalue weighted by atomic mass is 16.5. The lowest BCUT2D eigenvalue weighted by molar-refractivity contribution is -0.297. The van der Waals surface area contributed by atoms with Gasteiger partial charge in [0, 0.05) is 12.2 Å². The molecule has 0 spiro atoms. The van der Waals surface area contributed by atoms with E-state index in [4.69, 9.17) is 5.26 Å². The number of rotatable bonds is 6. The minimum absolute atomic E-state index is 0.326. The number of hydrogen-bond acceptors (Lipinski definition) is 5. The van der Waals surface area contributed by atoms with Crippen molar-refractivity contribution in [2.45, 2.75) is 19.8 Å². The fraction of sp³-hybridized carbons (Fsp3) is 0.267. The summed E-state index contributed by atoms with van der Waals surface area (Å²) in [4.78, 5) is 20.5. The van der Waals surface area contributed by atoms with Gasteiger partial charge in [0.1, 0.15) is 0 Å². The zero-order valence-corrected chi connectivity index (χ0v) is 11.7. The van der Waals surface area contributed by atoms with Gasteiger partial charge >= 0.3 is 5.97 Å². The molecule has 0 aromatic heterocycles. The molecule has 0 atom stereocenters. The van der Waals surface area contributed by atoms with Crippen molar-refractivity contribution in [3.63, 3.8) is 0 Å². The Balaban J connectivity index is -0.000000297. The van der Waals surface area contributed by atoms with E-state index in [1.165, 1.54) is 6.08 Å². The van der Waals surface area contributed by atoms with E-state index in [0.717, 1.165) is 18.9 Å². The first kappa shape index (κ1) is 22.6. The number of ether oxygens (including phenoxy) is 1. The summed E-state index contributed by atoms with van der Waals surface area (Å²) < 4.78 is 4.62. The molecule has 0 fully saturated rings. The highest BCUT2D eigenvalue weighted by molar-refractivity contribution is 5.89. The first-order valence-electron chi connectivity index (χ1n) is 5.79. The van der Waals surface area contributed by atoms with Crippen molar-refractivity contribution in [1.82, 2.24) is 0 Å². The fourth-order valence-corrected chi connectivity index (χ4v) is 0.501. The van der Waals surface area contributed by atoms with Crippen LogP contribution < -0.4 is 5.11 Å². The van der Waals surface area contributed by atoms with Gasteiger partial charge in [-0.25, -0.2) is 4.79 Å². The lowest BCUT2D eigenvalue weighted by atomic mass is 10.4. The number of carboxylic acid groups (broad SMARTS) is 1. The van der Waals surface area contributed by atoms with E-state index in [-0.39, 0.29) is 0 Å². The maximum atomic E-state index is 10.6. The van der Waals surface area contributed by atoms with E-state index in [2.05, 4.69) is 24.5 Å². The number of allylic oxidation sites excluding steroid dienone is 3. The molecule has 0 aromatic rings. The Labute approximate surface area is 120 Å². The van der Waals surface area contributed by atoms with E-state index in [9.17, 15) is 14.7 Å². The van der Waals surface area contributed by atoms with Crippen LogP contribution in [0.5, 0.6) is 0 Å². The maximum absolute atomic E-state index is 10.6. The quantitative estimate of drug-likeness (QED) is 0.242. The second-order valence-corrected chi connectivity index (χ2v) is 2.98. The molecule has 0 saturated carbocycles. The lowest BCUT2D eigenvalue weighted by Gasteiger charge is -1.98. The molecule has 0 aliphatic carbocycles. The molecular formula is C15H20NO4-. The molecule has 5 nitrogen and oxygen atoms in total. The van der Waals surface area contributed by atoms with E-state index >= 15 is 0 Å². The van der Waals surface area contributed by atoms with Crippen molar-refractivity contribution in [2.75, 3.05) is 6.61 Å². The molecule has 0 saturated heterocycles. The molecule has 20 heavy (non-hydrogen) atoms. The zero-order chi connectivity index (χ0) is 16.2. The van der Waals surface area contributed by atoms with Crippen molar-refractivity contribution >= 4 is 11.9 Å². The summed E-state index contributed by atoms with van der Waals surface area (Å²) >= 11 is 0. The molecule has 0 heterocycles. The number of esters is 1. The third-order valence-electron chi connectivity index (χ3n) is 1.36. The average Bonchev–Trinajstić information content (AvgIpc) is 2.46. The number of nitriles is 1. The molecule has 5 heteroatoms. The molecule has 0 rings (SSSR count). The fourth-order valence-electron chi connectivity index (χ4n) is 0.501. The van der Waals surface area contributed by atoms with Crippen molar-refractivity contribution in [1.29, 1.82) is 5.26 Å². The Bertz CT molecular complexity index is 359. The minimum atomic E-state index is -1.40. The molecule has 0 unspecified atom stereocenters. The van der Waals surface area contributed by atoms with Gasteiger partial charge in [-0.2, -0.15) is 5.26 Å². The highest BCUT2D eigenvalue weighted by Gasteiger charge is 1.94. The average molecular weight is 278 g/mol. The van der Waals surface area contributed by atoms with Gasteiger partial charge in [-0.15, -0.1) is 0 Å². The molecule has 110 valence electrons. The van der Waals surface area contributed by atoms with Crippen LogP contribution in [0.1, 0.15) is 19.8 Å². The summed E-state index contributed by atoms with van der Waals surface area (Å²) in [6.45, 7) is 12.1. The van der Waals surface area contributed by atoms with Gasteiger partial charge in [0.05, 0.1) is 18.6 Å². The van der Waals surface area contributed by atoms with Crippen LogP contribution in [0.4, 0.5) is 0 Å². The second kappa shape index (κ2) is 21.7. The van der Waals surface area contributed by atoms with E-state index < -0.39 is 11.9 Å². The molecule has 0 N–H and O–H groups in total. The molecule has 0 aliphatic rings. The van der Waals surface area contributed by atoms with Crippen molar-refractivity contribution in [3.05, 3.63) is 50.1 Å². The predicted octanol–water partition coefficient (Wildman–Crippen LogP) is 1.69. The highest BCUT2D eigenvalue weighted by Crippen LogP contribution is 1.89. The van der Waals surface area contributed by atoms with Crippen LogP contribution in [0, 0.1) is 11.3 Å². The number of aliphatic carboxylic acids is 1. The van der Waals surface area contributed by atoms with Gasteiger partial charge in [-0.1, -0.05) is 45.2 Å². The Morgan fingerprint density at radius 3 is 2.05 bits per heavy atom. The SMILES string of the molecule is C=CC#N.C=CC=C.CCCCOC(=O)/C=C/C(=O)[O-]. The van der Waals surface area contributed by atoms with E-state index in [1.54, 1.807) is 18.2 Å². The molecule has 0 aromatic carbocycles. The Morgan fingerprint density at radius 2 is 1.75 bits per heavy atom. The molecule has 0 aliphatic heterocycles.